The Kier molecular flexibility index (Phi) is 5.81. The second kappa shape index (κ2) is 7.13. The number of esters is 1. The van der Waals surface area contributed by atoms with E-state index in [0.717, 1.165) is 5.76 Å². The molecule has 0 aliphatic rings. The van der Waals surface area contributed by atoms with Crippen LogP contribution in [0.25, 0.3) is 0 Å². The van der Waals surface area contributed by atoms with Crippen LogP contribution in [0.3, 0.4) is 0 Å². The fraction of sp³-hybridized carbons (Fsp3) is 0.471. The summed E-state index contributed by atoms with van der Waals surface area (Å²) >= 11 is 0. The van der Waals surface area contributed by atoms with E-state index in [-0.39, 0.29) is 5.97 Å². The smallest absolute Gasteiger partial charge is 0.341 e. The predicted octanol–water partition coefficient (Wildman–Crippen LogP) is 4.44. The van der Waals surface area contributed by atoms with Gasteiger partial charge in [-0.05, 0) is 36.5 Å². The first kappa shape index (κ1) is 16.3. The van der Waals surface area contributed by atoms with E-state index >= 15 is 0 Å². The molecule has 0 saturated heterocycles. The Morgan fingerprint density at radius 2 is 1.60 bits per heavy atom. The average Bonchev–Trinajstić information content (AvgIpc) is 2.37. The number of hydrogen-bond donors (Lipinski definition) is 0. The van der Waals surface area contributed by atoms with Crippen molar-refractivity contribution in [2.45, 2.75) is 34.6 Å². The Bertz CT molecular complexity index is 489. The molecule has 0 fully saturated rings. The maximum atomic E-state index is 11.7. The molecular weight excluding hydrogens is 252 g/mol. The largest absolute Gasteiger partial charge is 0.465 e. The highest BCUT2D eigenvalue weighted by atomic mass is 16.5. The molecule has 0 unspecified atom stereocenters. The summed E-state index contributed by atoms with van der Waals surface area (Å²) in [6.45, 7) is 10.5. The maximum absolute atomic E-state index is 11.7. The number of ether oxygens (including phenoxy) is 2. The Labute approximate surface area is 121 Å². The molecule has 3 heteroatoms. The van der Waals surface area contributed by atoms with E-state index in [1.807, 2.05) is 13.0 Å². The van der Waals surface area contributed by atoms with Crippen molar-refractivity contribution in [1.29, 1.82) is 0 Å². The molecule has 0 aliphatic carbocycles. The molecule has 0 aliphatic heterocycles. The van der Waals surface area contributed by atoms with Crippen LogP contribution in [0.2, 0.25) is 0 Å². The van der Waals surface area contributed by atoms with Crippen LogP contribution in [-0.4, -0.2) is 13.1 Å². The highest BCUT2D eigenvalue weighted by molar-refractivity contribution is 5.92. The van der Waals surface area contributed by atoms with Crippen molar-refractivity contribution in [3.63, 3.8) is 0 Å². The summed E-state index contributed by atoms with van der Waals surface area (Å²) in [5.74, 6) is 1.81. The lowest BCUT2D eigenvalue weighted by molar-refractivity contribution is 0.0597. The molecule has 0 spiro atoms. The molecule has 110 valence electrons. The normalized spacial score (nSPS) is 10.6. The minimum atomic E-state index is -0.385. The van der Waals surface area contributed by atoms with Crippen LogP contribution >= 0.6 is 0 Å². The molecule has 20 heavy (non-hydrogen) atoms. The number of benzene rings is 1. The first-order valence-corrected chi connectivity index (χ1v) is 6.94. The zero-order chi connectivity index (χ0) is 15.3. The van der Waals surface area contributed by atoms with Gasteiger partial charge in [0.2, 0.25) is 0 Å². The summed E-state index contributed by atoms with van der Waals surface area (Å²) in [4.78, 5) is 11.7. The monoisotopic (exact) mass is 276 g/mol. The molecule has 1 aromatic carbocycles. The topological polar surface area (TPSA) is 35.5 Å². The Morgan fingerprint density at radius 3 is 2.10 bits per heavy atom. The van der Waals surface area contributed by atoms with Crippen molar-refractivity contribution in [3.05, 3.63) is 41.2 Å². The summed E-state index contributed by atoms with van der Waals surface area (Å²) < 4.78 is 10.7. The summed E-state index contributed by atoms with van der Waals surface area (Å²) in [5, 5.41) is 0. The summed E-state index contributed by atoms with van der Waals surface area (Å²) in [7, 11) is 1.37. The third-order valence-corrected chi connectivity index (χ3v) is 3.21. The molecular formula is C17H24O3. The number of rotatable bonds is 5. The van der Waals surface area contributed by atoms with Gasteiger partial charge in [0.15, 0.2) is 0 Å². The number of allylic oxidation sites excluding steroid dienone is 2. The molecule has 0 amide bonds. The molecule has 0 heterocycles. The van der Waals surface area contributed by atoms with E-state index in [1.165, 1.54) is 12.7 Å². The molecule has 0 N–H and O–H groups in total. The van der Waals surface area contributed by atoms with E-state index in [1.54, 1.807) is 18.2 Å². The molecule has 1 aromatic rings. The molecule has 0 atom stereocenters. The molecule has 0 radical (unpaired) electrons. The van der Waals surface area contributed by atoms with Crippen LogP contribution in [0.15, 0.2) is 35.6 Å². The van der Waals surface area contributed by atoms with Crippen LogP contribution in [-0.2, 0) is 4.74 Å². The maximum Gasteiger partial charge on any atom is 0.341 e. The molecule has 3 nitrogen and oxygen atoms in total. The summed E-state index contributed by atoms with van der Waals surface area (Å²) in [6, 6.07) is 7.14. The van der Waals surface area contributed by atoms with Gasteiger partial charge in [-0.3, -0.25) is 0 Å². The van der Waals surface area contributed by atoms with Gasteiger partial charge in [-0.1, -0.05) is 39.8 Å². The standard InChI is InChI=1S/C17H24O3/c1-11(2)16(12(3)4)13(5)20-15-10-8-7-9-14(15)17(18)19-6/h7-12H,1-6H3. The summed E-state index contributed by atoms with van der Waals surface area (Å²) in [6.07, 6.45) is 0. The zero-order valence-corrected chi connectivity index (χ0v) is 13.2. The van der Waals surface area contributed by atoms with Crippen molar-refractivity contribution in [2.24, 2.45) is 11.8 Å². The van der Waals surface area contributed by atoms with Gasteiger partial charge in [0, 0.05) is 0 Å². The number of hydrogen-bond acceptors (Lipinski definition) is 3. The Morgan fingerprint density at radius 1 is 1.05 bits per heavy atom. The quantitative estimate of drug-likeness (QED) is 0.589. The number of carbonyl (C=O) groups excluding carboxylic acids is 1. The van der Waals surface area contributed by atoms with E-state index in [4.69, 9.17) is 9.47 Å². The average molecular weight is 276 g/mol. The van der Waals surface area contributed by atoms with E-state index in [9.17, 15) is 4.79 Å². The fourth-order valence-corrected chi connectivity index (χ4v) is 2.54. The van der Waals surface area contributed by atoms with Crippen LogP contribution in [0.1, 0.15) is 45.0 Å². The van der Waals surface area contributed by atoms with Crippen LogP contribution in [0.5, 0.6) is 5.75 Å². The van der Waals surface area contributed by atoms with Crippen molar-refractivity contribution >= 4 is 5.97 Å². The lowest BCUT2D eigenvalue weighted by Gasteiger charge is -2.20. The Hall–Kier alpha value is -1.77. The fourth-order valence-electron chi connectivity index (χ4n) is 2.54. The number of carbonyl (C=O) groups is 1. The van der Waals surface area contributed by atoms with Crippen molar-refractivity contribution < 1.29 is 14.3 Å². The van der Waals surface area contributed by atoms with Crippen LogP contribution in [0.4, 0.5) is 0 Å². The minimum Gasteiger partial charge on any atom is -0.465 e. The van der Waals surface area contributed by atoms with E-state index < -0.39 is 0 Å². The van der Waals surface area contributed by atoms with Crippen molar-refractivity contribution in [3.8, 4) is 5.75 Å². The number of methoxy groups -OCH3 is 1. The summed E-state index contributed by atoms with van der Waals surface area (Å²) in [5.41, 5.74) is 1.70. The van der Waals surface area contributed by atoms with Crippen molar-refractivity contribution in [2.75, 3.05) is 7.11 Å². The van der Waals surface area contributed by atoms with Crippen LogP contribution < -0.4 is 4.74 Å². The van der Waals surface area contributed by atoms with Gasteiger partial charge in [0.25, 0.3) is 0 Å². The second-order valence-corrected chi connectivity index (χ2v) is 5.41. The predicted molar refractivity (Wildman–Crippen MR) is 80.8 cm³/mol. The number of para-hydroxylation sites is 1. The third kappa shape index (κ3) is 3.86. The van der Waals surface area contributed by atoms with E-state index in [2.05, 4.69) is 27.7 Å². The lowest BCUT2D eigenvalue weighted by atomic mass is 9.91. The third-order valence-electron chi connectivity index (χ3n) is 3.21. The molecule has 0 saturated carbocycles. The highest BCUT2D eigenvalue weighted by Gasteiger charge is 2.17. The second-order valence-electron chi connectivity index (χ2n) is 5.41. The van der Waals surface area contributed by atoms with Gasteiger partial charge in [-0.2, -0.15) is 0 Å². The van der Waals surface area contributed by atoms with Gasteiger partial charge < -0.3 is 9.47 Å². The first-order chi connectivity index (χ1) is 9.38. The molecule has 0 aromatic heterocycles. The highest BCUT2D eigenvalue weighted by Crippen LogP contribution is 2.27. The first-order valence-electron chi connectivity index (χ1n) is 6.94. The Balaban J connectivity index is 3.16. The van der Waals surface area contributed by atoms with Gasteiger partial charge in [-0.25, -0.2) is 4.79 Å². The minimum absolute atomic E-state index is 0.385. The van der Waals surface area contributed by atoms with Crippen molar-refractivity contribution in [1.82, 2.24) is 0 Å². The lowest BCUT2D eigenvalue weighted by Crippen LogP contribution is -2.10. The van der Waals surface area contributed by atoms with Gasteiger partial charge in [0.1, 0.15) is 17.1 Å². The molecule has 1 rings (SSSR count). The zero-order valence-electron chi connectivity index (χ0n) is 13.2. The SMILES string of the molecule is COC(=O)c1ccccc1OC(C)=C(C(C)C)C(C)C. The van der Waals surface area contributed by atoms with Crippen LogP contribution in [0, 0.1) is 11.8 Å². The van der Waals surface area contributed by atoms with Gasteiger partial charge >= 0.3 is 5.97 Å². The van der Waals surface area contributed by atoms with Gasteiger partial charge in [-0.15, -0.1) is 0 Å². The molecule has 0 bridgehead atoms. The van der Waals surface area contributed by atoms with Gasteiger partial charge in [0.05, 0.1) is 7.11 Å². The van der Waals surface area contributed by atoms with E-state index in [0.29, 0.717) is 23.1 Å².